The van der Waals surface area contributed by atoms with E-state index in [9.17, 15) is 4.39 Å². The molecule has 2 rings (SSSR count). The molecule has 108 valence electrons. The molecular formula is C15H21FN4. The molecule has 4 N–H and O–H groups in total. The molecule has 2 aromatic rings. The van der Waals surface area contributed by atoms with Crippen LogP contribution in [0.2, 0.25) is 0 Å². The number of H-pyrrole nitrogens is 1. The summed E-state index contributed by atoms with van der Waals surface area (Å²) in [6.07, 6.45) is 4.36. The van der Waals surface area contributed by atoms with Crippen molar-refractivity contribution in [2.75, 3.05) is 13.6 Å². The largest absolute Gasteiger partial charge is 0.326 e. The third-order valence-corrected chi connectivity index (χ3v) is 3.33. The molecule has 1 aromatic carbocycles. The second kappa shape index (κ2) is 7.17. The highest BCUT2D eigenvalue weighted by Crippen LogP contribution is 2.12. The Hall–Kier alpha value is -1.72. The van der Waals surface area contributed by atoms with Crippen LogP contribution in [-0.2, 0) is 19.3 Å². The summed E-state index contributed by atoms with van der Waals surface area (Å²) < 4.78 is 12.8. The first kappa shape index (κ1) is 14.7. The fourth-order valence-corrected chi connectivity index (χ4v) is 2.27. The second-order valence-corrected chi connectivity index (χ2v) is 5.02. The Morgan fingerprint density at radius 2 is 2.05 bits per heavy atom. The molecule has 0 radical (unpaired) electrons. The number of aryl methyl sites for hydroxylation is 2. The van der Waals surface area contributed by atoms with Crippen molar-refractivity contribution in [2.45, 2.75) is 25.3 Å². The Balaban J connectivity index is 1.93. The smallest absolute Gasteiger partial charge is 0.123 e. The fourth-order valence-electron chi connectivity index (χ4n) is 2.27. The van der Waals surface area contributed by atoms with Crippen LogP contribution in [0, 0.1) is 5.82 Å². The molecule has 4 nitrogen and oxygen atoms in total. The Kier molecular flexibility index (Phi) is 5.26. The lowest BCUT2D eigenvalue weighted by Crippen LogP contribution is -2.33. The summed E-state index contributed by atoms with van der Waals surface area (Å²) in [6.45, 7) is 0.780. The minimum absolute atomic E-state index is 0.0853. The van der Waals surface area contributed by atoms with Gasteiger partial charge in [0.25, 0.3) is 0 Å². The van der Waals surface area contributed by atoms with Gasteiger partial charge in [-0.3, -0.25) is 5.10 Å². The number of aromatic amines is 1. The summed E-state index contributed by atoms with van der Waals surface area (Å²) in [5, 5.41) is 10.2. The zero-order chi connectivity index (χ0) is 14.4. The first-order valence-electron chi connectivity index (χ1n) is 6.84. The minimum Gasteiger partial charge on any atom is -0.326 e. The van der Waals surface area contributed by atoms with Gasteiger partial charge in [-0.25, -0.2) is 4.39 Å². The molecule has 0 fully saturated rings. The van der Waals surface area contributed by atoms with Gasteiger partial charge in [-0.1, -0.05) is 12.1 Å². The number of halogens is 1. The standard InChI is InChI=1S/C15H21FN4/c1-18-10-14(17)8-12-9-19-20-15(12)7-4-11-2-5-13(16)6-3-11/h2-3,5-6,9,14,18H,4,7-8,10,17H2,1H3,(H,19,20). The number of nitrogens with zero attached hydrogens (tertiary/aromatic N) is 1. The van der Waals surface area contributed by atoms with Gasteiger partial charge in [0.15, 0.2) is 0 Å². The Morgan fingerprint density at radius 3 is 2.75 bits per heavy atom. The van der Waals surface area contributed by atoms with Gasteiger partial charge in [0, 0.05) is 18.3 Å². The predicted octanol–water partition coefficient (Wildman–Crippen LogP) is 1.42. The highest BCUT2D eigenvalue weighted by molar-refractivity contribution is 5.21. The van der Waals surface area contributed by atoms with E-state index < -0.39 is 0 Å². The molecule has 0 amide bonds. The van der Waals surface area contributed by atoms with Crippen molar-refractivity contribution in [2.24, 2.45) is 5.73 Å². The molecule has 0 aliphatic heterocycles. The Morgan fingerprint density at radius 1 is 1.30 bits per heavy atom. The van der Waals surface area contributed by atoms with Crippen molar-refractivity contribution in [3.8, 4) is 0 Å². The van der Waals surface area contributed by atoms with E-state index in [1.165, 1.54) is 12.1 Å². The monoisotopic (exact) mass is 276 g/mol. The van der Waals surface area contributed by atoms with Crippen LogP contribution in [0.15, 0.2) is 30.5 Å². The van der Waals surface area contributed by atoms with Crippen LogP contribution in [-0.4, -0.2) is 29.8 Å². The molecule has 1 atom stereocenters. The summed E-state index contributed by atoms with van der Waals surface area (Å²) in [4.78, 5) is 0. The van der Waals surface area contributed by atoms with Gasteiger partial charge in [0.05, 0.1) is 6.20 Å². The fraction of sp³-hybridized carbons (Fsp3) is 0.400. The zero-order valence-electron chi connectivity index (χ0n) is 11.7. The van der Waals surface area contributed by atoms with E-state index in [1.807, 2.05) is 25.4 Å². The van der Waals surface area contributed by atoms with Crippen LogP contribution in [0.25, 0.3) is 0 Å². The van der Waals surface area contributed by atoms with E-state index in [0.29, 0.717) is 0 Å². The first-order valence-corrected chi connectivity index (χ1v) is 6.84. The Labute approximate surface area is 118 Å². The molecule has 5 heteroatoms. The molecule has 0 bridgehead atoms. The molecular weight excluding hydrogens is 255 g/mol. The van der Waals surface area contributed by atoms with Crippen molar-refractivity contribution in [1.29, 1.82) is 0 Å². The molecule has 0 aliphatic rings. The summed E-state index contributed by atoms with van der Waals surface area (Å²) in [6, 6.07) is 6.70. The van der Waals surface area contributed by atoms with Crippen LogP contribution in [0.3, 0.4) is 0 Å². The van der Waals surface area contributed by atoms with Crippen molar-refractivity contribution < 1.29 is 4.39 Å². The number of hydrogen-bond donors (Lipinski definition) is 3. The minimum atomic E-state index is -0.200. The lowest BCUT2D eigenvalue weighted by molar-refractivity contribution is 0.613. The maximum Gasteiger partial charge on any atom is 0.123 e. The average Bonchev–Trinajstić information content (AvgIpc) is 2.86. The zero-order valence-corrected chi connectivity index (χ0v) is 11.7. The predicted molar refractivity (Wildman–Crippen MR) is 78.0 cm³/mol. The second-order valence-electron chi connectivity index (χ2n) is 5.02. The van der Waals surface area contributed by atoms with Gasteiger partial charge in [-0.05, 0) is 49.6 Å². The topological polar surface area (TPSA) is 66.7 Å². The van der Waals surface area contributed by atoms with Gasteiger partial charge in [0.1, 0.15) is 5.82 Å². The van der Waals surface area contributed by atoms with Crippen molar-refractivity contribution in [3.05, 3.63) is 53.1 Å². The van der Waals surface area contributed by atoms with E-state index in [1.54, 1.807) is 0 Å². The molecule has 0 saturated heterocycles. The van der Waals surface area contributed by atoms with E-state index >= 15 is 0 Å². The van der Waals surface area contributed by atoms with Crippen molar-refractivity contribution >= 4 is 0 Å². The van der Waals surface area contributed by atoms with Crippen LogP contribution < -0.4 is 11.1 Å². The van der Waals surface area contributed by atoms with Gasteiger partial charge in [0.2, 0.25) is 0 Å². The maximum absolute atomic E-state index is 12.8. The summed E-state index contributed by atoms with van der Waals surface area (Å²) in [7, 11) is 1.89. The van der Waals surface area contributed by atoms with Gasteiger partial charge >= 0.3 is 0 Å². The highest BCUT2D eigenvalue weighted by Gasteiger charge is 2.09. The summed E-state index contributed by atoms with van der Waals surface area (Å²) in [5.74, 6) is -0.200. The first-order chi connectivity index (χ1) is 9.69. The lowest BCUT2D eigenvalue weighted by atomic mass is 10.0. The molecule has 1 aromatic heterocycles. The molecule has 0 spiro atoms. The highest BCUT2D eigenvalue weighted by atomic mass is 19.1. The molecule has 1 heterocycles. The van der Waals surface area contributed by atoms with E-state index in [2.05, 4.69) is 15.5 Å². The number of aromatic nitrogens is 2. The van der Waals surface area contributed by atoms with Crippen molar-refractivity contribution in [3.63, 3.8) is 0 Å². The van der Waals surface area contributed by atoms with Crippen LogP contribution >= 0.6 is 0 Å². The van der Waals surface area contributed by atoms with E-state index in [-0.39, 0.29) is 11.9 Å². The third kappa shape index (κ3) is 4.15. The number of likely N-dealkylation sites (N-methyl/N-ethyl adjacent to an activating group) is 1. The Bertz CT molecular complexity index is 521. The summed E-state index contributed by atoms with van der Waals surface area (Å²) in [5.41, 5.74) is 9.41. The molecule has 0 saturated carbocycles. The number of rotatable bonds is 7. The molecule has 1 unspecified atom stereocenters. The van der Waals surface area contributed by atoms with E-state index in [0.717, 1.165) is 42.6 Å². The third-order valence-electron chi connectivity index (χ3n) is 3.33. The van der Waals surface area contributed by atoms with E-state index in [4.69, 9.17) is 5.73 Å². The quantitative estimate of drug-likeness (QED) is 0.716. The molecule has 20 heavy (non-hydrogen) atoms. The SMILES string of the molecule is CNCC(N)Cc1cn[nH]c1CCc1ccc(F)cc1. The van der Waals surface area contributed by atoms with Crippen LogP contribution in [0.1, 0.15) is 16.8 Å². The number of nitrogens with two attached hydrogens (primary N) is 1. The molecule has 0 aliphatic carbocycles. The van der Waals surface area contributed by atoms with Gasteiger partial charge in [-0.15, -0.1) is 0 Å². The van der Waals surface area contributed by atoms with Crippen LogP contribution in [0.4, 0.5) is 4.39 Å². The van der Waals surface area contributed by atoms with Gasteiger partial charge < -0.3 is 11.1 Å². The lowest BCUT2D eigenvalue weighted by Gasteiger charge is -2.10. The maximum atomic E-state index is 12.8. The van der Waals surface area contributed by atoms with Gasteiger partial charge in [-0.2, -0.15) is 5.10 Å². The summed E-state index contributed by atoms with van der Waals surface area (Å²) >= 11 is 0. The number of nitrogens with one attached hydrogen (secondary N) is 2. The normalized spacial score (nSPS) is 12.6. The number of benzene rings is 1. The number of hydrogen-bond acceptors (Lipinski definition) is 3. The van der Waals surface area contributed by atoms with Crippen molar-refractivity contribution in [1.82, 2.24) is 15.5 Å². The van der Waals surface area contributed by atoms with Crippen LogP contribution in [0.5, 0.6) is 0 Å². The average molecular weight is 276 g/mol.